The molecule has 4 N–H and O–H groups in total. The third-order valence-corrected chi connectivity index (χ3v) is 5.72. The van der Waals surface area contributed by atoms with E-state index >= 15 is 0 Å². The number of hydrogen-bond donors (Lipinski definition) is 2. The minimum absolute atomic E-state index is 0.602. The lowest BCUT2D eigenvalue weighted by atomic mass is 9.82. The highest BCUT2D eigenvalue weighted by Gasteiger charge is 2.28. The summed E-state index contributed by atoms with van der Waals surface area (Å²) in [4.78, 5) is 0. The van der Waals surface area contributed by atoms with E-state index in [2.05, 4.69) is 13.8 Å². The van der Waals surface area contributed by atoms with Crippen molar-refractivity contribution >= 4 is 11.4 Å². The van der Waals surface area contributed by atoms with Gasteiger partial charge in [-0.3, -0.25) is 0 Å². The van der Waals surface area contributed by atoms with Crippen molar-refractivity contribution < 1.29 is 0 Å². The lowest BCUT2D eigenvalue weighted by molar-refractivity contribution is 0.703. The first-order valence-corrected chi connectivity index (χ1v) is 8.29. The molecule has 0 spiro atoms. The summed E-state index contributed by atoms with van der Waals surface area (Å²) in [5, 5.41) is 0. The molecule has 0 aliphatic heterocycles. The van der Waals surface area contributed by atoms with Crippen LogP contribution in [0.2, 0.25) is 0 Å². The zero-order chi connectivity index (χ0) is 14.3. The quantitative estimate of drug-likeness (QED) is 0.761. The maximum atomic E-state index is 6.52. The lowest BCUT2D eigenvalue weighted by Gasteiger charge is -2.25. The van der Waals surface area contributed by atoms with E-state index in [4.69, 9.17) is 11.5 Å². The molecule has 0 atom stereocenters. The first kappa shape index (κ1) is 13.8. The monoisotopic (exact) mass is 272 g/mol. The summed E-state index contributed by atoms with van der Waals surface area (Å²) < 4.78 is 0. The number of benzene rings is 1. The van der Waals surface area contributed by atoms with E-state index in [1.54, 1.807) is 0 Å². The van der Waals surface area contributed by atoms with Crippen LogP contribution in [0.3, 0.4) is 0 Å². The van der Waals surface area contributed by atoms with Crippen LogP contribution in [0.25, 0.3) is 0 Å². The molecule has 2 nitrogen and oxygen atoms in total. The van der Waals surface area contributed by atoms with Crippen molar-refractivity contribution in [3.05, 3.63) is 22.3 Å². The molecule has 0 unspecified atom stereocenters. The fourth-order valence-electron chi connectivity index (χ4n) is 4.60. The summed E-state index contributed by atoms with van der Waals surface area (Å²) in [5.74, 6) is 1.29. The molecule has 2 fully saturated rings. The second-order valence-electron chi connectivity index (χ2n) is 6.87. The van der Waals surface area contributed by atoms with Gasteiger partial charge in [-0.15, -0.1) is 0 Å². The molecule has 0 amide bonds. The Morgan fingerprint density at radius 1 is 0.650 bits per heavy atom. The first-order chi connectivity index (χ1) is 9.61. The molecule has 2 aliphatic rings. The Morgan fingerprint density at radius 3 is 1.40 bits per heavy atom. The van der Waals surface area contributed by atoms with Gasteiger partial charge < -0.3 is 11.5 Å². The highest BCUT2D eigenvalue weighted by molar-refractivity contribution is 5.73. The fraction of sp³-hybridized carbons (Fsp3) is 0.667. The topological polar surface area (TPSA) is 52.0 Å². The Balaban J connectivity index is 2.10. The molecule has 2 heteroatoms. The van der Waals surface area contributed by atoms with Crippen LogP contribution in [0, 0.1) is 13.8 Å². The van der Waals surface area contributed by atoms with E-state index in [-0.39, 0.29) is 0 Å². The third-order valence-electron chi connectivity index (χ3n) is 5.72. The molecule has 2 saturated carbocycles. The Morgan fingerprint density at radius 2 is 1.00 bits per heavy atom. The Bertz CT molecular complexity index is 431. The Kier molecular flexibility index (Phi) is 3.66. The maximum absolute atomic E-state index is 6.52. The van der Waals surface area contributed by atoms with Crippen molar-refractivity contribution in [2.75, 3.05) is 11.5 Å². The molecule has 2 aliphatic carbocycles. The normalized spacial score (nSPS) is 20.9. The maximum Gasteiger partial charge on any atom is 0.0402 e. The van der Waals surface area contributed by atoms with Crippen molar-refractivity contribution in [2.45, 2.75) is 77.0 Å². The van der Waals surface area contributed by atoms with Gasteiger partial charge in [-0.1, -0.05) is 25.7 Å². The van der Waals surface area contributed by atoms with Gasteiger partial charge in [0.15, 0.2) is 0 Å². The largest absolute Gasteiger partial charge is 0.398 e. The number of rotatable bonds is 2. The van der Waals surface area contributed by atoms with Crippen LogP contribution in [0.4, 0.5) is 11.4 Å². The molecule has 20 heavy (non-hydrogen) atoms. The van der Waals surface area contributed by atoms with Gasteiger partial charge in [-0.2, -0.15) is 0 Å². The highest BCUT2D eigenvalue weighted by atomic mass is 14.7. The zero-order valence-electron chi connectivity index (χ0n) is 13.0. The zero-order valence-corrected chi connectivity index (χ0v) is 13.0. The highest BCUT2D eigenvalue weighted by Crippen LogP contribution is 2.47. The molecule has 0 saturated heterocycles. The second kappa shape index (κ2) is 5.31. The smallest absolute Gasteiger partial charge is 0.0402 e. The average Bonchev–Trinajstić information content (AvgIpc) is 3.10. The van der Waals surface area contributed by atoms with Gasteiger partial charge in [-0.25, -0.2) is 0 Å². The summed E-state index contributed by atoms with van der Waals surface area (Å²) in [6, 6.07) is 0. The van der Waals surface area contributed by atoms with Crippen LogP contribution >= 0.6 is 0 Å². The van der Waals surface area contributed by atoms with E-state index in [1.165, 1.54) is 73.6 Å². The Hall–Kier alpha value is -1.18. The van der Waals surface area contributed by atoms with Crippen molar-refractivity contribution in [1.29, 1.82) is 0 Å². The van der Waals surface area contributed by atoms with Crippen molar-refractivity contribution in [3.8, 4) is 0 Å². The van der Waals surface area contributed by atoms with Gasteiger partial charge >= 0.3 is 0 Å². The third kappa shape index (κ3) is 2.10. The summed E-state index contributed by atoms with van der Waals surface area (Å²) in [5.41, 5.74) is 20.4. The van der Waals surface area contributed by atoms with Crippen LogP contribution < -0.4 is 11.5 Å². The molecule has 0 heterocycles. The van der Waals surface area contributed by atoms with Gasteiger partial charge in [0, 0.05) is 16.9 Å². The molecule has 0 radical (unpaired) electrons. The molecule has 3 rings (SSSR count). The van der Waals surface area contributed by atoms with Gasteiger partial charge in [0.05, 0.1) is 0 Å². The number of anilines is 2. The average molecular weight is 272 g/mol. The number of nitrogen functional groups attached to an aromatic ring is 2. The summed E-state index contributed by atoms with van der Waals surface area (Å²) >= 11 is 0. The predicted molar refractivity (Wildman–Crippen MR) is 87.2 cm³/mol. The molecular formula is C18H28N2. The summed E-state index contributed by atoms with van der Waals surface area (Å²) in [6.45, 7) is 4.43. The molecule has 110 valence electrons. The van der Waals surface area contributed by atoms with Crippen molar-refractivity contribution in [1.82, 2.24) is 0 Å². The van der Waals surface area contributed by atoms with Crippen molar-refractivity contribution in [2.24, 2.45) is 0 Å². The molecule has 1 aromatic carbocycles. The number of nitrogens with two attached hydrogens (primary N) is 2. The van der Waals surface area contributed by atoms with E-state index in [9.17, 15) is 0 Å². The van der Waals surface area contributed by atoms with Crippen LogP contribution in [0.1, 0.15) is 85.5 Å². The van der Waals surface area contributed by atoms with Crippen LogP contribution in [-0.2, 0) is 0 Å². The molecule has 0 bridgehead atoms. The van der Waals surface area contributed by atoms with E-state index in [0.717, 1.165) is 11.4 Å². The van der Waals surface area contributed by atoms with Gasteiger partial charge in [0.1, 0.15) is 0 Å². The molecular weight excluding hydrogens is 244 g/mol. The van der Waals surface area contributed by atoms with Crippen LogP contribution in [-0.4, -0.2) is 0 Å². The minimum atomic E-state index is 0.602. The summed E-state index contributed by atoms with van der Waals surface area (Å²) in [6.07, 6.45) is 10.5. The van der Waals surface area contributed by atoms with Gasteiger partial charge in [-0.05, 0) is 68.1 Å². The lowest BCUT2D eigenvalue weighted by Crippen LogP contribution is -2.12. The van der Waals surface area contributed by atoms with Gasteiger partial charge in [0.25, 0.3) is 0 Å². The van der Waals surface area contributed by atoms with Crippen molar-refractivity contribution in [3.63, 3.8) is 0 Å². The Labute approximate surface area is 122 Å². The molecule has 0 aromatic heterocycles. The van der Waals surface area contributed by atoms with Crippen LogP contribution in [0.15, 0.2) is 0 Å². The summed E-state index contributed by atoms with van der Waals surface area (Å²) in [7, 11) is 0. The first-order valence-electron chi connectivity index (χ1n) is 8.29. The van der Waals surface area contributed by atoms with E-state index < -0.39 is 0 Å². The van der Waals surface area contributed by atoms with E-state index in [0.29, 0.717) is 11.8 Å². The molecule has 1 aromatic rings. The number of hydrogen-bond acceptors (Lipinski definition) is 2. The second-order valence-corrected chi connectivity index (χ2v) is 6.87. The fourth-order valence-corrected chi connectivity index (χ4v) is 4.60. The standard InChI is InChI=1S/C18H28N2/c1-11-15(13-7-3-4-8-13)12(2)18(20)16(17(11)19)14-9-5-6-10-14/h13-14H,3-10,19-20H2,1-2H3. The van der Waals surface area contributed by atoms with Crippen LogP contribution in [0.5, 0.6) is 0 Å². The minimum Gasteiger partial charge on any atom is -0.398 e. The SMILES string of the molecule is Cc1c(N)c(C2CCCC2)c(N)c(C)c1C1CCCC1. The van der Waals surface area contributed by atoms with Gasteiger partial charge in [0.2, 0.25) is 0 Å². The van der Waals surface area contributed by atoms with E-state index in [1.807, 2.05) is 0 Å². The predicted octanol–water partition coefficient (Wildman–Crippen LogP) is 4.78.